The van der Waals surface area contributed by atoms with Crippen molar-refractivity contribution in [1.29, 1.82) is 0 Å². The van der Waals surface area contributed by atoms with E-state index < -0.39 is 0 Å². The van der Waals surface area contributed by atoms with Crippen molar-refractivity contribution >= 4 is 5.82 Å². The maximum Gasteiger partial charge on any atom is 0.215 e. The molecule has 0 atom stereocenters. The molecular weight excluding hydrogens is 250 g/mol. The first-order valence-electron chi connectivity index (χ1n) is 7.80. The van der Waals surface area contributed by atoms with E-state index in [1.165, 1.54) is 25.7 Å². The second kappa shape index (κ2) is 7.48. The van der Waals surface area contributed by atoms with E-state index in [-0.39, 0.29) is 0 Å². The monoisotopic (exact) mass is 277 g/mol. The predicted octanol–water partition coefficient (Wildman–Crippen LogP) is 2.84. The molecule has 4 nitrogen and oxygen atoms in total. The first kappa shape index (κ1) is 15.1. The van der Waals surface area contributed by atoms with Gasteiger partial charge in [0.2, 0.25) is 5.88 Å². The Balaban J connectivity index is 1.94. The van der Waals surface area contributed by atoms with Crippen LogP contribution in [0.3, 0.4) is 0 Å². The van der Waals surface area contributed by atoms with E-state index in [0.717, 1.165) is 18.2 Å². The minimum atomic E-state index is 0.592. The summed E-state index contributed by atoms with van der Waals surface area (Å²) in [7, 11) is 2.15. The Morgan fingerprint density at radius 2 is 2.00 bits per heavy atom. The summed E-state index contributed by atoms with van der Waals surface area (Å²) in [6.07, 6.45) is 4.98. The van der Waals surface area contributed by atoms with Crippen LogP contribution in [0, 0.1) is 0 Å². The van der Waals surface area contributed by atoms with E-state index >= 15 is 0 Å². The SMILES string of the molecule is CCNC1CCC(N(C)c2cccc(OCC)n2)CC1. The van der Waals surface area contributed by atoms with Crippen molar-refractivity contribution < 1.29 is 4.74 Å². The molecule has 0 bridgehead atoms. The smallest absolute Gasteiger partial charge is 0.215 e. The molecule has 1 heterocycles. The van der Waals surface area contributed by atoms with Gasteiger partial charge in [0.1, 0.15) is 5.82 Å². The molecule has 1 fully saturated rings. The second-order valence-corrected chi connectivity index (χ2v) is 5.44. The molecule has 0 amide bonds. The normalized spacial score (nSPS) is 22.6. The van der Waals surface area contributed by atoms with Crippen LogP contribution in [0.1, 0.15) is 39.5 Å². The van der Waals surface area contributed by atoms with Gasteiger partial charge in [0, 0.05) is 25.2 Å². The highest BCUT2D eigenvalue weighted by atomic mass is 16.5. The van der Waals surface area contributed by atoms with Crippen LogP contribution in [0.5, 0.6) is 5.88 Å². The lowest BCUT2D eigenvalue weighted by Gasteiger charge is -2.35. The van der Waals surface area contributed by atoms with Crippen LogP contribution in [0.4, 0.5) is 5.82 Å². The lowest BCUT2D eigenvalue weighted by atomic mass is 9.90. The van der Waals surface area contributed by atoms with E-state index in [2.05, 4.69) is 35.2 Å². The number of anilines is 1. The second-order valence-electron chi connectivity index (χ2n) is 5.44. The molecule has 4 heteroatoms. The van der Waals surface area contributed by atoms with Crippen molar-refractivity contribution in [2.75, 3.05) is 25.1 Å². The Bertz CT molecular complexity index is 402. The summed E-state index contributed by atoms with van der Waals surface area (Å²) in [5, 5.41) is 3.56. The van der Waals surface area contributed by atoms with E-state index in [0.29, 0.717) is 18.7 Å². The predicted molar refractivity (Wildman–Crippen MR) is 83.5 cm³/mol. The van der Waals surface area contributed by atoms with Crippen LogP contribution in [0.15, 0.2) is 18.2 Å². The quantitative estimate of drug-likeness (QED) is 0.867. The minimum absolute atomic E-state index is 0.592. The van der Waals surface area contributed by atoms with Crippen LogP contribution < -0.4 is 15.0 Å². The third kappa shape index (κ3) is 3.85. The van der Waals surface area contributed by atoms with Gasteiger partial charge < -0.3 is 15.0 Å². The zero-order valence-corrected chi connectivity index (χ0v) is 12.9. The minimum Gasteiger partial charge on any atom is -0.478 e. The van der Waals surface area contributed by atoms with Crippen LogP contribution in [0.25, 0.3) is 0 Å². The zero-order valence-electron chi connectivity index (χ0n) is 12.9. The standard InChI is InChI=1S/C16H27N3O/c1-4-17-13-9-11-14(12-10-13)19(3)15-7-6-8-16(18-15)20-5-2/h6-8,13-14,17H,4-5,9-12H2,1-3H3. The number of nitrogens with zero attached hydrogens (tertiary/aromatic N) is 2. The molecule has 1 aromatic heterocycles. The van der Waals surface area contributed by atoms with Gasteiger partial charge in [-0.15, -0.1) is 0 Å². The van der Waals surface area contributed by atoms with Crippen molar-refractivity contribution in [3.63, 3.8) is 0 Å². The molecule has 0 aromatic carbocycles. The van der Waals surface area contributed by atoms with Crippen molar-refractivity contribution in [3.05, 3.63) is 18.2 Å². The molecular formula is C16H27N3O. The number of aromatic nitrogens is 1. The molecule has 20 heavy (non-hydrogen) atoms. The molecule has 2 rings (SSSR count). The molecule has 1 aromatic rings. The molecule has 1 aliphatic carbocycles. The lowest BCUT2D eigenvalue weighted by molar-refractivity contribution is 0.324. The molecule has 0 saturated heterocycles. The average molecular weight is 277 g/mol. The maximum atomic E-state index is 5.49. The third-order valence-electron chi connectivity index (χ3n) is 4.10. The van der Waals surface area contributed by atoms with E-state index in [1.807, 2.05) is 19.1 Å². The van der Waals surface area contributed by atoms with Gasteiger partial charge in [-0.25, -0.2) is 0 Å². The largest absolute Gasteiger partial charge is 0.478 e. The summed E-state index contributed by atoms with van der Waals surface area (Å²) in [5.74, 6) is 1.74. The number of ether oxygens (including phenoxy) is 1. The van der Waals surface area contributed by atoms with Gasteiger partial charge in [-0.1, -0.05) is 13.0 Å². The summed E-state index contributed by atoms with van der Waals surface area (Å²) in [4.78, 5) is 6.89. The van der Waals surface area contributed by atoms with Crippen LogP contribution >= 0.6 is 0 Å². The van der Waals surface area contributed by atoms with Gasteiger partial charge in [0.15, 0.2) is 0 Å². The van der Waals surface area contributed by atoms with Gasteiger partial charge >= 0.3 is 0 Å². The van der Waals surface area contributed by atoms with Gasteiger partial charge in [-0.05, 0) is 45.2 Å². The highest BCUT2D eigenvalue weighted by Crippen LogP contribution is 2.26. The molecule has 0 spiro atoms. The molecule has 1 N–H and O–H groups in total. The molecule has 1 saturated carbocycles. The Hall–Kier alpha value is -1.29. The highest BCUT2D eigenvalue weighted by molar-refractivity contribution is 5.41. The van der Waals surface area contributed by atoms with Crippen molar-refractivity contribution in [2.24, 2.45) is 0 Å². The summed E-state index contributed by atoms with van der Waals surface area (Å²) in [6, 6.07) is 7.30. The highest BCUT2D eigenvalue weighted by Gasteiger charge is 2.24. The third-order valence-corrected chi connectivity index (χ3v) is 4.10. The fourth-order valence-electron chi connectivity index (χ4n) is 2.97. The molecule has 112 valence electrons. The van der Waals surface area contributed by atoms with E-state index in [4.69, 9.17) is 4.74 Å². The van der Waals surface area contributed by atoms with Crippen molar-refractivity contribution in [1.82, 2.24) is 10.3 Å². The van der Waals surface area contributed by atoms with Gasteiger partial charge in [0.25, 0.3) is 0 Å². The van der Waals surface area contributed by atoms with Crippen molar-refractivity contribution in [3.8, 4) is 5.88 Å². The summed E-state index contributed by atoms with van der Waals surface area (Å²) >= 11 is 0. The Kier molecular flexibility index (Phi) is 5.65. The van der Waals surface area contributed by atoms with Crippen LogP contribution in [-0.2, 0) is 0 Å². The van der Waals surface area contributed by atoms with E-state index in [9.17, 15) is 0 Å². The summed E-state index contributed by atoms with van der Waals surface area (Å²) < 4.78 is 5.49. The number of hydrogen-bond acceptors (Lipinski definition) is 4. The van der Waals surface area contributed by atoms with Gasteiger partial charge in [-0.2, -0.15) is 4.98 Å². The molecule has 1 aliphatic rings. The number of rotatable bonds is 6. The summed E-state index contributed by atoms with van der Waals surface area (Å²) in [6.45, 7) is 5.90. The number of pyridine rings is 1. The van der Waals surface area contributed by atoms with Gasteiger partial charge in [0.05, 0.1) is 6.61 Å². The number of hydrogen-bond donors (Lipinski definition) is 1. The Labute approximate surface area is 122 Å². The fraction of sp³-hybridized carbons (Fsp3) is 0.688. The Morgan fingerprint density at radius 3 is 2.65 bits per heavy atom. The maximum absolute atomic E-state index is 5.49. The zero-order chi connectivity index (χ0) is 14.4. The van der Waals surface area contributed by atoms with Crippen LogP contribution in [-0.4, -0.2) is 37.3 Å². The topological polar surface area (TPSA) is 37.4 Å². The Morgan fingerprint density at radius 1 is 1.25 bits per heavy atom. The lowest BCUT2D eigenvalue weighted by Crippen LogP contribution is -2.41. The first-order chi connectivity index (χ1) is 9.74. The number of nitrogens with one attached hydrogen (secondary N) is 1. The summed E-state index contributed by atoms with van der Waals surface area (Å²) in [5.41, 5.74) is 0. The molecule has 0 aliphatic heterocycles. The van der Waals surface area contributed by atoms with Gasteiger partial charge in [-0.3, -0.25) is 0 Å². The van der Waals surface area contributed by atoms with E-state index in [1.54, 1.807) is 0 Å². The van der Waals surface area contributed by atoms with Crippen LogP contribution in [0.2, 0.25) is 0 Å². The van der Waals surface area contributed by atoms with Crippen molar-refractivity contribution in [2.45, 2.75) is 51.6 Å². The average Bonchev–Trinajstić information content (AvgIpc) is 2.48. The molecule has 0 radical (unpaired) electrons. The first-order valence-corrected chi connectivity index (χ1v) is 7.80. The fourth-order valence-corrected chi connectivity index (χ4v) is 2.97. The molecule has 0 unspecified atom stereocenters.